The van der Waals surface area contributed by atoms with Crippen LogP contribution in [0.3, 0.4) is 0 Å². The highest BCUT2D eigenvalue weighted by atomic mass is 16.5. The predicted molar refractivity (Wildman–Crippen MR) is 112 cm³/mol. The van der Waals surface area contributed by atoms with Crippen molar-refractivity contribution in [2.45, 2.75) is 39.8 Å². The van der Waals surface area contributed by atoms with Crippen LogP contribution in [0.4, 0.5) is 0 Å². The third-order valence-electron chi connectivity index (χ3n) is 5.09. The topological polar surface area (TPSA) is 68.8 Å². The molecular weight excluding hydrogens is 362 g/mol. The summed E-state index contributed by atoms with van der Waals surface area (Å²) >= 11 is 0. The van der Waals surface area contributed by atoms with Crippen molar-refractivity contribution in [3.05, 3.63) is 94.9 Å². The molecule has 0 saturated heterocycles. The number of rotatable bonds is 7. The Morgan fingerprint density at radius 2 is 1.69 bits per heavy atom. The molecule has 1 atom stereocenters. The van der Waals surface area contributed by atoms with E-state index in [-0.39, 0.29) is 6.04 Å². The Bertz CT molecular complexity index is 1070. The Labute approximate surface area is 170 Å². The number of hydrogen-bond acceptors (Lipinski definition) is 5. The first-order chi connectivity index (χ1) is 14.1. The van der Waals surface area contributed by atoms with Gasteiger partial charge in [-0.05, 0) is 38.5 Å². The minimum atomic E-state index is -0.0501. The molecule has 4 aromatic rings. The molecule has 2 aromatic carbocycles. The smallest absolute Gasteiger partial charge is 0.243 e. The van der Waals surface area contributed by atoms with Crippen LogP contribution in [0.2, 0.25) is 0 Å². The number of para-hydroxylation sites is 1. The van der Waals surface area contributed by atoms with Crippen molar-refractivity contribution in [3.63, 3.8) is 0 Å². The van der Waals surface area contributed by atoms with E-state index in [9.17, 15) is 0 Å². The van der Waals surface area contributed by atoms with Gasteiger partial charge in [0, 0.05) is 24.2 Å². The van der Waals surface area contributed by atoms with Crippen molar-refractivity contribution in [2.75, 3.05) is 0 Å². The van der Waals surface area contributed by atoms with Gasteiger partial charge in [0.05, 0.1) is 17.4 Å². The lowest BCUT2D eigenvalue weighted by atomic mass is 10.1. The Hall–Kier alpha value is -3.25. The van der Waals surface area contributed by atoms with Gasteiger partial charge in [0.25, 0.3) is 0 Å². The third-order valence-corrected chi connectivity index (χ3v) is 5.09. The molecule has 0 saturated carbocycles. The van der Waals surface area contributed by atoms with E-state index in [4.69, 9.17) is 9.62 Å². The van der Waals surface area contributed by atoms with Crippen LogP contribution >= 0.6 is 0 Å². The Kier molecular flexibility index (Phi) is 5.53. The minimum absolute atomic E-state index is 0.0501. The van der Waals surface area contributed by atoms with Crippen LogP contribution in [0.5, 0.6) is 0 Å². The summed E-state index contributed by atoms with van der Waals surface area (Å²) in [5.74, 6) is 1.30. The summed E-state index contributed by atoms with van der Waals surface area (Å²) < 4.78 is 7.47. The number of aryl methyl sites for hydroxylation is 1. The standard InChI is InChI=1S/C23H25N5O/c1-16-21(18(3)28(26-16)20-12-8-5-9-13-20)15-24-17(2)23-25-22(27-29-23)14-19-10-6-4-7-11-19/h4-13,17,24H,14-15H2,1-3H3. The van der Waals surface area contributed by atoms with Crippen molar-refractivity contribution >= 4 is 0 Å². The van der Waals surface area contributed by atoms with Crippen molar-refractivity contribution in [3.8, 4) is 5.69 Å². The quantitative estimate of drug-likeness (QED) is 0.512. The first-order valence-electron chi connectivity index (χ1n) is 9.82. The zero-order chi connectivity index (χ0) is 20.2. The van der Waals surface area contributed by atoms with Crippen LogP contribution in [-0.4, -0.2) is 19.9 Å². The van der Waals surface area contributed by atoms with Crippen LogP contribution < -0.4 is 5.32 Å². The molecular formula is C23H25N5O. The molecule has 29 heavy (non-hydrogen) atoms. The van der Waals surface area contributed by atoms with E-state index in [1.807, 2.05) is 54.9 Å². The van der Waals surface area contributed by atoms with Crippen molar-refractivity contribution in [1.82, 2.24) is 25.2 Å². The number of aromatic nitrogens is 4. The lowest BCUT2D eigenvalue weighted by Gasteiger charge is -2.10. The fourth-order valence-electron chi connectivity index (χ4n) is 3.39. The molecule has 0 spiro atoms. The van der Waals surface area contributed by atoms with Gasteiger partial charge in [-0.25, -0.2) is 4.68 Å². The molecule has 1 N–H and O–H groups in total. The van der Waals surface area contributed by atoms with Crippen LogP contribution in [-0.2, 0) is 13.0 Å². The van der Waals surface area contributed by atoms with Gasteiger partial charge in [0.2, 0.25) is 5.89 Å². The van der Waals surface area contributed by atoms with E-state index in [2.05, 4.69) is 46.6 Å². The summed E-state index contributed by atoms with van der Waals surface area (Å²) in [7, 11) is 0. The molecule has 0 aliphatic carbocycles. The van der Waals surface area contributed by atoms with Crippen LogP contribution in [0, 0.1) is 13.8 Å². The minimum Gasteiger partial charge on any atom is -0.338 e. The maximum absolute atomic E-state index is 5.48. The molecule has 0 amide bonds. The molecule has 0 aliphatic heterocycles. The van der Waals surface area contributed by atoms with Crippen LogP contribution in [0.15, 0.2) is 65.2 Å². The van der Waals surface area contributed by atoms with E-state index in [1.54, 1.807) is 0 Å². The molecule has 1 unspecified atom stereocenters. The maximum Gasteiger partial charge on any atom is 0.243 e. The molecule has 2 heterocycles. The second-order valence-corrected chi connectivity index (χ2v) is 7.21. The Morgan fingerprint density at radius 1 is 1.00 bits per heavy atom. The number of nitrogens with one attached hydrogen (secondary N) is 1. The van der Waals surface area contributed by atoms with E-state index >= 15 is 0 Å². The Morgan fingerprint density at radius 3 is 2.41 bits per heavy atom. The normalized spacial score (nSPS) is 12.2. The molecule has 148 valence electrons. The average molecular weight is 387 g/mol. The largest absolute Gasteiger partial charge is 0.338 e. The van der Waals surface area contributed by atoms with Crippen LogP contribution in [0.1, 0.15) is 47.2 Å². The molecule has 0 aliphatic rings. The van der Waals surface area contributed by atoms with E-state index in [0.717, 1.165) is 17.1 Å². The summed E-state index contributed by atoms with van der Waals surface area (Å²) in [4.78, 5) is 4.55. The SMILES string of the molecule is Cc1nn(-c2ccccc2)c(C)c1CNC(C)c1nc(Cc2ccccc2)no1. The lowest BCUT2D eigenvalue weighted by molar-refractivity contribution is 0.336. The van der Waals surface area contributed by atoms with Gasteiger partial charge in [-0.2, -0.15) is 10.1 Å². The van der Waals surface area contributed by atoms with Crippen molar-refractivity contribution in [2.24, 2.45) is 0 Å². The first kappa shape index (κ1) is 19.1. The van der Waals surface area contributed by atoms with E-state index in [1.165, 1.54) is 11.1 Å². The molecule has 6 nitrogen and oxygen atoms in total. The van der Waals surface area contributed by atoms with Gasteiger partial charge in [-0.15, -0.1) is 0 Å². The monoisotopic (exact) mass is 387 g/mol. The maximum atomic E-state index is 5.48. The van der Waals surface area contributed by atoms with Gasteiger partial charge in [0.1, 0.15) is 0 Å². The zero-order valence-electron chi connectivity index (χ0n) is 17.0. The molecule has 4 rings (SSSR count). The first-order valence-corrected chi connectivity index (χ1v) is 9.82. The van der Waals surface area contributed by atoms with Gasteiger partial charge >= 0.3 is 0 Å². The second kappa shape index (κ2) is 8.41. The predicted octanol–water partition coefficient (Wildman–Crippen LogP) is 4.31. The van der Waals surface area contributed by atoms with E-state index < -0.39 is 0 Å². The lowest BCUT2D eigenvalue weighted by Crippen LogP contribution is -2.19. The highest BCUT2D eigenvalue weighted by Gasteiger charge is 2.17. The fraction of sp³-hybridized carbons (Fsp3) is 0.261. The highest BCUT2D eigenvalue weighted by molar-refractivity contribution is 5.36. The van der Waals surface area contributed by atoms with Crippen LogP contribution in [0.25, 0.3) is 5.69 Å². The molecule has 0 fully saturated rings. The summed E-state index contributed by atoms with van der Waals surface area (Å²) in [6.07, 6.45) is 0.666. The summed E-state index contributed by atoms with van der Waals surface area (Å²) in [5, 5.41) is 12.3. The van der Waals surface area contributed by atoms with E-state index in [0.29, 0.717) is 24.7 Å². The van der Waals surface area contributed by atoms with Crippen molar-refractivity contribution in [1.29, 1.82) is 0 Å². The van der Waals surface area contributed by atoms with Gasteiger partial charge in [-0.3, -0.25) is 0 Å². The van der Waals surface area contributed by atoms with Gasteiger partial charge < -0.3 is 9.84 Å². The molecule has 0 bridgehead atoms. The summed E-state index contributed by atoms with van der Waals surface area (Å²) in [6, 6.07) is 20.3. The number of hydrogen-bond donors (Lipinski definition) is 1. The number of nitrogens with zero attached hydrogens (tertiary/aromatic N) is 4. The van der Waals surface area contributed by atoms with Gasteiger partial charge in [0.15, 0.2) is 5.82 Å². The molecule has 6 heteroatoms. The average Bonchev–Trinajstić information content (AvgIpc) is 3.32. The zero-order valence-corrected chi connectivity index (χ0v) is 17.0. The molecule has 2 aromatic heterocycles. The number of benzene rings is 2. The highest BCUT2D eigenvalue weighted by Crippen LogP contribution is 2.19. The Balaban J connectivity index is 1.43. The third kappa shape index (κ3) is 4.27. The summed E-state index contributed by atoms with van der Waals surface area (Å²) in [6.45, 7) is 6.85. The van der Waals surface area contributed by atoms with Crippen molar-refractivity contribution < 1.29 is 4.52 Å². The second-order valence-electron chi connectivity index (χ2n) is 7.21. The fourth-order valence-corrected chi connectivity index (χ4v) is 3.39. The van der Waals surface area contributed by atoms with Gasteiger partial charge in [-0.1, -0.05) is 53.7 Å². The summed E-state index contributed by atoms with van der Waals surface area (Å²) in [5.41, 5.74) is 5.56. The molecule has 0 radical (unpaired) electrons.